The molecule has 0 saturated carbocycles. The molecular formula is C16H23FN2O2. The summed E-state index contributed by atoms with van der Waals surface area (Å²) in [6.45, 7) is 4.34. The van der Waals surface area contributed by atoms with Crippen molar-refractivity contribution < 1.29 is 13.9 Å². The molecule has 4 nitrogen and oxygen atoms in total. The molecule has 5 heteroatoms. The smallest absolute Gasteiger partial charge is 0.224 e. The number of rotatable bonds is 6. The van der Waals surface area contributed by atoms with E-state index in [9.17, 15) is 9.18 Å². The maximum absolute atomic E-state index is 13.2. The Morgan fingerprint density at radius 1 is 1.43 bits per heavy atom. The van der Waals surface area contributed by atoms with Crippen LogP contribution < -0.4 is 15.4 Å². The average molecular weight is 294 g/mol. The normalized spacial score (nSPS) is 15.7. The molecule has 0 aliphatic carbocycles. The number of carbonyl (C=O) groups is 1. The van der Waals surface area contributed by atoms with Crippen molar-refractivity contribution in [1.82, 2.24) is 5.32 Å². The zero-order chi connectivity index (χ0) is 15.1. The molecule has 1 saturated heterocycles. The van der Waals surface area contributed by atoms with Crippen LogP contribution in [0.4, 0.5) is 10.1 Å². The Hall–Kier alpha value is -1.62. The van der Waals surface area contributed by atoms with Gasteiger partial charge in [0.2, 0.25) is 5.91 Å². The summed E-state index contributed by atoms with van der Waals surface area (Å²) >= 11 is 0. The van der Waals surface area contributed by atoms with Crippen molar-refractivity contribution in [1.29, 1.82) is 0 Å². The molecule has 0 bridgehead atoms. The molecule has 0 atom stereocenters. The number of piperidine rings is 1. The van der Waals surface area contributed by atoms with Crippen LogP contribution in [0.3, 0.4) is 0 Å². The fraction of sp³-hybridized carbons (Fsp3) is 0.562. The fourth-order valence-electron chi connectivity index (χ4n) is 2.59. The van der Waals surface area contributed by atoms with Gasteiger partial charge in [-0.1, -0.05) is 0 Å². The van der Waals surface area contributed by atoms with E-state index in [-0.39, 0.29) is 11.7 Å². The van der Waals surface area contributed by atoms with Gasteiger partial charge in [0, 0.05) is 12.5 Å². The quantitative estimate of drug-likeness (QED) is 0.848. The van der Waals surface area contributed by atoms with Gasteiger partial charge in [-0.3, -0.25) is 4.79 Å². The molecule has 1 aromatic carbocycles. The predicted molar refractivity (Wildman–Crippen MR) is 81.0 cm³/mol. The van der Waals surface area contributed by atoms with Gasteiger partial charge < -0.3 is 15.4 Å². The van der Waals surface area contributed by atoms with E-state index in [1.165, 1.54) is 12.1 Å². The van der Waals surface area contributed by atoms with Crippen LogP contribution in [0.5, 0.6) is 5.75 Å². The SMILES string of the molecule is CCOc1cc(F)ccc1NC(=O)CCC1CCNCC1. The Morgan fingerprint density at radius 3 is 2.90 bits per heavy atom. The third-order valence-corrected chi connectivity index (χ3v) is 3.76. The first-order valence-electron chi connectivity index (χ1n) is 7.62. The van der Waals surface area contributed by atoms with Gasteiger partial charge in [0.05, 0.1) is 12.3 Å². The Morgan fingerprint density at radius 2 is 2.19 bits per heavy atom. The zero-order valence-electron chi connectivity index (χ0n) is 12.5. The van der Waals surface area contributed by atoms with E-state index in [0.29, 0.717) is 30.4 Å². The number of amides is 1. The van der Waals surface area contributed by atoms with Crippen molar-refractivity contribution in [2.45, 2.75) is 32.6 Å². The van der Waals surface area contributed by atoms with Gasteiger partial charge in [-0.15, -0.1) is 0 Å². The largest absolute Gasteiger partial charge is 0.492 e. The van der Waals surface area contributed by atoms with Crippen molar-refractivity contribution in [3.05, 3.63) is 24.0 Å². The second kappa shape index (κ2) is 7.98. The standard InChI is InChI=1S/C16H23FN2O2/c1-2-21-15-11-13(17)4-5-14(15)19-16(20)6-3-12-7-9-18-10-8-12/h4-5,11-12,18H,2-3,6-10H2,1H3,(H,19,20). The van der Waals surface area contributed by atoms with Gasteiger partial charge in [-0.05, 0) is 57.3 Å². The maximum Gasteiger partial charge on any atom is 0.224 e. The van der Waals surface area contributed by atoms with E-state index in [2.05, 4.69) is 10.6 Å². The lowest BCUT2D eigenvalue weighted by molar-refractivity contribution is -0.116. The molecule has 0 spiro atoms. The van der Waals surface area contributed by atoms with Crippen LogP contribution in [-0.2, 0) is 4.79 Å². The summed E-state index contributed by atoms with van der Waals surface area (Å²) in [5.41, 5.74) is 0.536. The van der Waals surface area contributed by atoms with Crippen molar-refractivity contribution in [3.8, 4) is 5.75 Å². The lowest BCUT2D eigenvalue weighted by Crippen LogP contribution is -2.28. The number of anilines is 1. The van der Waals surface area contributed by atoms with Crippen LogP contribution in [0.1, 0.15) is 32.6 Å². The highest BCUT2D eigenvalue weighted by atomic mass is 19.1. The van der Waals surface area contributed by atoms with Gasteiger partial charge in [0.1, 0.15) is 11.6 Å². The van der Waals surface area contributed by atoms with E-state index in [1.54, 1.807) is 6.07 Å². The Labute approximate surface area is 125 Å². The van der Waals surface area contributed by atoms with E-state index in [0.717, 1.165) is 32.4 Å². The lowest BCUT2D eigenvalue weighted by Gasteiger charge is -2.22. The molecule has 116 valence electrons. The van der Waals surface area contributed by atoms with E-state index in [4.69, 9.17) is 4.74 Å². The minimum atomic E-state index is -0.369. The molecular weight excluding hydrogens is 271 g/mol. The highest BCUT2D eigenvalue weighted by Crippen LogP contribution is 2.26. The number of hydrogen-bond donors (Lipinski definition) is 2. The van der Waals surface area contributed by atoms with Crippen LogP contribution in [-0.4, -0.2) is 25.6 Å². The molecule has 0 unspecified atom stereocenters. The number of nitrogens with one attached hydrogen (secondary N) is 2. The molecule has 1 aliphatic heterocycles. The van der Waals surface area contributed by atoms with Crippen LogP contribution in [0.15, 0.2) is 18.2 Å². The molecule has 1 aliphatic rings. The zero-order valence-corrected chi connectivity index (χ0v) is 12.5. The van der Waals surface area contributed by atoms with Gasteiger partial charge in [0.15, 0.2) is 0 Å². The number of hydrogen-bond acceptors (Lipinski definition) is 3. The summed E-state index contributed by atoms with van der Waals surface area (Å²) in [4.78, 5) is 12.0. The lowest BCUT2D eigenvalue weighted by atomic mass is 9.93. The van der Waals surface area contributed by atoms with Crippen molar-refractivity contribution in [2.75, 3.05) is 25.0 Å². The Kier molecular flexibility index (Phi) is 5.99. The number of halogens is 1. The summed E-state index contributed by atoms with van der Waals surface area (Å²) in [6, 6.07) is 4.17. The molecule has 1 fully saturated rings. The second-order valence-electron chi connectivity index (χ2n) is 5.35. The van der Waals surface area contributed by atoms with Crippen molar-refractivity contribution >= 4 is 11.6 Å². The summed E-state index contributed by atoms with van der Waals surface area (Å²) < 4.78 is 18.6. The molecule has 0 aromatic heterocycles. The third kappa shape index (κ3) is 5.01. The molecule has 0 radical (unpaired) electrons. The molecule has 2 N–H and O–H groups in total. The first-order valence-corrected chi connectivity index (χ1v) is 7.62. The first kappa shape index (κ1) is 15.8. The Bertz CT molecular complexity index is 473. The number of ether oxygens (including phenoxy) is 1. The number of carbonyl (C=O) groups excluding carboxylic acids is 1. The van der Waals surface area contributed by atoms with Gasteiger partial charge in [0.25, 0.3) is 0 Å². The monoisotopic (exact) mass is 294 g/mol. The fourth-order valence-corrected chi connectivity index (χ4v) is 2.59. The highest BCUT2D eigenvalue weighted by Gasteiger charge is 2.15. The highest BCUT2D eigenvalue weighted by molar-refractivity contribution is 5.92. The van der Waals surface area contributed by atoms with Crippen molar-refractivity contribution in [2.24, 2.45) is 5.92 Å². The average Bonchev–Trinajstić information content (AvgIpc) is 2.49. The van der Waals surface area contributed by atoms with Crippen LogP contribution >= 0.6 is 0 Å². The molecule has 21 heavy (non-hydrogen) atoms. The summed E-state index contributed by atoms with van der Waals surface area (Å²) in [5, 5.41) is 6.13. The van der Waals surface area contributed by atoms with Crippen LogP contribution in [0, 0.1) is 11.7 Å². The van der Waals surface area contributed by atoms with Gasteiger partial charge in [-0.2, -0.15) is 0 Å². The summed E-state index contributed by atoms with van der Waals surface area (Å²) in [6.07, 6.45) is 3.66. The topological polar surface area (TPSA) is 50.4 Å². The molecule has 1 heterocycles. The molecule has 1 aromatic rings. The van der Waals surface area contributed by atoms with E-state index in [1.807, 2.05) is 6.92 Å². The van der Waals surface area contributed by atoms with Gasteiger partial charge in [-0.25, -0.2) is 4.39 Å². The predicted octanol–water partition coefficient (Wildman–Crippen LogP) is 2.94. The third-order valence-electron chi connectivity index (χ3n) is 3.76. The minimum Gasteiger partial charge on any atom is -0.492 e. The first-order chi connectivity index (χ1) is 10.2. The van der Waals surface area contributed by atoms with E-state index < -0.39 is 0 Å². The minimum absolute atomic E-state index is 0.0407. The summed E-state index contributed by atoms with van der Waals surface area (Å²) in [7, 11) is 0. The van der Waals surface area contributed by atoms with E-state index >= 15 is 0 Å². The molecule has 1 amide bonds. The number of benzene rings is 1. The van der Waals surface area contributed by atoms with Gasteiger partial charge >= 0.3 is 0 Å². The molecule has 2 rings (SSSR count). The second-order valence-corrected chi connectivity index (χ2v) is 5.35. The summed E-state index contributed by atoms with van der Waals surface area (Å²) in [5.74, 6) is 0.594. The van der Waals surface area contributed by atoms with Crippen molar-refractivity contribution in [3.63, 3.8) is 0 Å². The Balaban J connectivity index is 1.86. The maximum atomic E-state index is 13.2. The van der Waals surface area contributed by atoms with Crippen LogP contribution in [0.2, 0.25) is 0 Å². The van der Waals surface area contributed by atoms with Crippen LogP contribution in [0.25, 0.3) is 0 Å².